The van der Waals surface area contributed by atoms with Gasteiger partial charge in [-0.2, -0.15) is 5.10 Å². The smallest absolute Gasteiger partial charge is 0.358 e. The maximum absolute atomic E-state index is 11.9. The second-order valence-electron chi connectivity index (χ2n) is 4.27. The van der Waals surface area contributed by atoms with Gasteiger partial charge in [-0.1, -0.05) is 16.7 Å². The zero-order valence-electron chi connectivity index (χ0n) is 11.4. The minimum Gasteiger partial charge on any atom is -0.358 e. The van der Waals surface area contributed by atoms with Crippen LogP contribution in [0, 0.1) is 17.0 Å². The van der Waals surface area contributed by atoms with Gasteiger partial charge in [-0.3, -0.25) is 9.48 Å². The lowest BCUT2D eigenvalue weighted by atomic mass is 10.2. The van der Waals surface area contributed by atoms with Crippen LogP contribution in [0.5, 0.6) is 0 Å². The Morgan fingerprint density at radius 3 is 2.86 bits per heavy atom. The van der Waals surface area contributed by atoms with Gasteiger partial charge < -0.3 is 15.4 Å². The van der Waals surface area contributed by atoms with Gasteiger partial charge in [-0.05, 0) is 18.8 Å². The third kappa shape index (κ3) is 3.02. The van der Waals surface area contributed by atoms with Gasteiger partial charge in [-0.15, -0.1) is 5.10 Å². The van der Waals surface area contributed by atoms with Gasteiger partial charge >= 0.3 is 5.82 Å². The first-order valence-corrected chi connectivity index (χ1v) is 6.51. The average molecular weight is 313 g/mol. The summed E-state index contributed by atoms with van der Waals surface area (Å²) < 4.78 is 1.75. The molecule has 2 rings (SSSR count). The molecule has 0 atom stereocenters. The van der Waals surface area contributed by atoms with E-state index in [4.69, 9.17) is 11.6 Å². The van der Waals surface area contributed by atoms with Gasteiger partial charge in [0.05, 0.1) is 5.69 Å². The Labute approximate surface area is 124 Å². The number of aryl methyl sites for hydroxylation is 2. The second-order valence-corrected chi connectivity index (χ2v) is 4.65. The normalized spacial score (nSPS) is 10.6. The van der Waals surface area contributed by atoms with Gasteiger partial charge in [0, 0.05) is 24.8 Å². The number of rotatable bonds is 5. The van der Waals surface area contributed by atoms with Crippen molar-refractivity contribution in [3.8, 4) is 0 Å². The maximum Gasteiger partial charge on any atom is 0.362 e. The van der Waals surface area contributed by atoms with Gasteiger partial charge in [0.25, 0.3) is 5.91 Å². The van der Waals surface area contributed by atoms with Crippen LogP contribution in [0.2, 0.25) is 5.02 Å². The number of H-pyrrole nitrogens is 1. The highest BCUT2D eigenvalue weighted by Crippen LogP contribution is 2.24. The SMILES string of the molecule is CCn1cc(CNC(=O)c2n[nH]c([N+](=O)[O-])c2Cl)c(C)n1. The van der Waals surface area contributed by atoms with Crippen molar-refractivity contribution in [2.24, 2.45) is 0 Å². The van der Waals surface area contributed by atoms with Crippen molar-refractivity contribution in [3.63, 3.8) is 0 Å². The summed E-state index contributed by atoms with van der Waals surface area (Å²) >= 11 is 5.74. The molecule has 9 nitrogen and oxygen atoms in total. The fourth-order valence-electron chi connectivity index (χ4n) is 1.74. The van der Waals surface area contributed by atoms with E-state index in [2.05, 4.69) is 20.6 Å². The molecule has 0 saturated heterocycles. The van der Waals surface area contributed by atoms with Crippen molar-refractivity contribution in [1.29, 1.82) is 0 Å². The van der Waals surface area contributed by atoms with Crippen LogP contribution in [0.4, 0.5) is 5.82 Å². The van der Waals surface area contributed by atoms with E-state index in [9.17, 15) is 14.9 Å². The number of hydrogen-bond acceptors (Lipinski definition) is 5. The van der Waals surface area contributed by atoms with Crippen LogP contribution in [0.15, 0.2) is 6.20 Å². The molecule has 0 aliphatic rings. The molecule has 0 aliphatic heterocycles. The van der Waals surface area contributed by atoms with Crippen LogP contribution in [-0.4, -0.2) is 30.8 Å². The average Bonchev–Trinajstić information content (AvgIpc) is 2.99. The van der Waals surface area contributed by atoms with Gasteiger partial charge in [0.2, 0.25) is 0 Å². The van der Waals surface area contributed by atoms with Crippen LogP contribution < -0.4 is 5.32 Å². The fraction of sp³-hybridized carbons (Fsp3) is 0.364. The lowest BCUT2D eigenvalue weighted by Gasteiger charge is -2.01. The molecule has 112 valence electrons. The summed E-state index contributed by atoms with van der Waals surface area (Å²) in [6.07, 6.45) is 1.82. The Bertz CT molecular complexity index is 692. The predicted molar refractivity (Wildman–Crippen MR) is 74.1 cm³/mol. The van der Waals surface area contributed by atoms with E-state index in [1.54, 1.807) is 4.68 Å². The van der Waals surface area contributed by atoms with Gasteiger partial charge in [0.1, 0.15) is 0 Å². The zero-order chi connectivity index (χ0) is 15.6. The summed E-state index contributed by atoms with van der Waals surface area (Å²) in [5.74, 6) is -1.09. The number of halogens is 1. The molecule has 2 N–H and O–H groups in total. The Kier molecular flexibility index (Phi) is 4.22. The van der Waals surface area contributed by atoms with Crippen molar-refractivity contribution < 1.29 is 9.72 Å². The quantitative estimate of drug-likeness (QED) is 0.639. The lowest BCUT2D eigenvalue weighted by molar-refractivity contribution is -0.389. The number of carbonyl (C=O) groups is 1. The van der Waals surface area contributed by atoms with E-state index in [-0.39, 0.29) is 17.3 Å². The largest absolute Gasteiger partial charge is 0.362 e. The summed E-state index contributed by atoms with van der Waals surface area (Å²) in [4.78, 5) is 21.8. The molecule has 2 aromatic heterocycles. The predicted octanol–water partition coefficient (Wildman–Crippen LogP) is 1.43. The Hall–Kier alpha value is -2.42. The number of aromatic nitrogens is 4. The highest BCUT2D eigenvalue weighted by atomic mass is 35.5. The van der Waals surface area contributed by atoms with Gasteiger partial charge in [-0.25, -0.2) is 0 Å². The topological polar surface area (TPSA) is 119 Å². The van der Waals surface area contributed by atoms with Gasteiger partial charge in [0.15, 0.2) is 10.7 Å². The second kappa shape index (κ2) is 5.92. The Morgan fingerprint density at radius 2 is 2.33 bits per heavy atom. The van der Waals surface area contributed by atoms with Crippen molar-refractivity contribution in [2.75, 3.05) is 0 Å². The number of nitrogens with one attached hydrogen (secondary N) is 2. The highest BCUT2D eigenvalue weighted by Gasteiger charge is 2.25. The molecule has 1 amide bonds. The third-order valence-corrected chi connectivity index (χ3v) is 3.26. The first-order valence-electron chi connectivity index (χ1n) is 6.13. The van der Waals surface area contributed by atoms with Crippen LogP contribution in [0.25, 0.3) is 0 Å². The molecule has 0 unspecified atom stereocenters. The van der Waals surface area contributed by atoms with E-state index in [1.807, 2.05) is 20.0 Å². The summed E-state index contributed by atoms with van der Waals surface area (Å²) in [6, 6.07) is 0. The van der Waals surface area contributed by atoms with E-state index < -0.39 is 16.6 Å². The summed E-state index contributed by atoms with van der Waals surface area (Å²) in [5, 5.41) is 22.9. The molecule has 0 spiro atoms. The van der Waals surface area contributed by atoms with Crippen LogP contribution in [-0.2, 0) is 13.1 Å². The third-order valence-electron chi connectivity index (χ3n) is 2.90. The molecule has 2 aromatic rings. The van der Waals surface area contributed by atoms with Crippen LogP contribution in [0.1, 0.15) is 28.7 Å². The number of aromatic amines is 1. The van der Waals surface area contributed by atoms with E-state index >= 15 is 0 Å². The molecular weight excluding hydrogens is 300 g/mol. The van der Waals surface area contributed by atoms with Crippen LogP contribution in [0.3, 0.4) is 0 Å². The molecule has 2 heterocycles. The number of nitrogens with zero attached hydrogens (tertiary/aromatic N) is 4. The summed E-state index contributed by atoms with van der Waals surface area (Å²) in [6.45, 7) is 4.76. The molecule has 21 heavy (non-hydrogen) atoms. The minimum absolute atomic E-state index is 0.205. The number of amides is 1. The fourth-order valence-corrected chi connectivity index (χ4v) is 1.98. The zero-order valence-corrected chi connectivity index (χ0v) is 12.1. The highest BCUT2D eigenvalue weighted by molar-refractivity contribution is 6.35. The summed E-state index contributed by atoms with van der Waals surface area (Å²) in [5.41, 5.74) is 1.45. The first kappa shape index (κ1) is 15.0. The molecule has 0 fully saturated rings. The minimum atomic E-state index is -0.735. The lowest BCUT2D eigenvalue weighted by Crippen LogP contribution is -2.23. The standard InChI is InChI=1S/C11H13ClN6O3/c1-3-17-5-7(6(2)16-17)4-13-11(19)9-8(12)10(15-14-9)18(20)21/h5H,3-4H2,1-2H3,(H,13,19)(H,14,15). The van der Waals surface area contributed by atoms with E-state index in [0.29, 0.717) is 0 Å². The molecule has 0 aromatic carbocycles. The summed E-state index contributed by atoms with van der Waals surface area (Å²) in [7, 11) is 0. The van der Waals surface area contributed by atoms with Crippen LogP contribution >= 0.6 is 11.6 Å². The number of nitro groups is 1. The number of hydrogen-bond donors (Lipinski definition) is 2. The van der Waals surface area contributed by atoms with E-state index in [0.717, 1.165) is 17.8 Å². The monoisotopic (exact) mass is 312 g/mol. The van der Waals surface area contributed by atoms with Crippen molar-refractivity contribution >= 4 is 23.3 Å². The molecule has 0 bridgehead atoms. The first-order chi connectivity index (χ1) is 9.93. The van der Waals surface area contributed by atoms with Crippen molar-refractivity contribution in [2.45, 2.75) is 26.9 Å². The molecule has 10 heteroatoms. The molecule has 0 aliphatic carbocycles. The molecule has 0 saturated carbocycles. The Morgan fingerprint density at radius 1 is 1.62 bits per heavy atom. The van der Waals surface area contributed by atoms with Crippen molar-refractivity contribution in [3.05, 3.63) is 38.3 Å². The molecular formula is C11H13ClN6O3. The molecule has 0 radical (unpaired) electrons. The van der Waals surface area contributed by atoms with Crippen molar-refractivity contribution in [1.82, 2.24) is 25.3 Å². The maximum atomic E-state index is 11.9. The number of carbonyl (C=O) groups excluding carboxylic acids is 1. The van der Waals surface area contributed by atoms with E-state index in [1.165, 1.54) is 0 Å². The Balaban J connectivity index is 2.08.